The molecule has 1 aromatic rings. The van der Waals surface area contributed by atoms with E-state index in [4.69, 9.17) is 12.2 Å². The molecule has 1 amide bonds. The van der Waals surface area contributed by atoms with Gasteiger partial charge in [0, 0.05) is 31.2 Å². The standard InChI is InChI=1S/C24H32N4O2S2/c1-6-10-27-21(26-11-8-15(3)9-12-26)18(17(5)19(14-25)22(27)29)13-20-23(30)28(16(4)7-2)24(31)32-20/h13,15-16H,6-12H2,1-5H3. The summed E-state index contributed by atoms with van der Waals surface area (Å²) in [4.78, 5) is 30.9. The molecule has 2 fully saturated rings. The van der Waals surface area contributed by atoms with Crippen molar-refractivity contribution in [3.05, 3.63) is 31.9 Å². The van der Waals surface area contributed by atoms with Gasteiger partial charge in [0.2, 0.25) is 0 Å². The number of hydrogen-bond acceptors (Lipinski definition) is 6. The first kappa shape index (κ1) is 24.5. The average molecular weight is 473 g/mol. The van der Waals surface area contributed by atoms with Crippen molar-refractivity contribution in [2.24, 2.45) is 5.92 Å². The van der Waals surface area contributed by atoms with Crippen molar-refractivity contribution in [3.8, 4) is 6.07 Å². The third-order valence-electron chi connectivity index (χ3n) is 6.51. The van der Waals surface area contributed by atoms with Crippen LogP contribution < -0.4 is 10.5 Å². The van der Waals surface area contributed by atoms with Crippen LogP contribution in [0, 0.1) is 24.2 Å². The molecule has 172 valence electrons. The summed E-state index contributed by atoms with van der Waals surface area (Å²) in [6, 6.07) is 2.14. The van der Waals surface area contributed by atoms with Crippen LogP contribution in [-0.4, -0.2) is 38.8 Å². The topological polar surface area (TPSA) is 69.3 Å². The molecule has 3 rings (SSSR count). The van der Waals surface area contributed by atoms with Crippen molar-refractivity contribution < 1.29 is 4.79 Å². The molecule has 2 aliphatic heterocycles. The molecular weight excluding hydrogens is 440 g/mol. The Hall–Kier alpha value is -2.11. The minimum atomic E-state index is -0.246. The molecule has 2 saturated heterocycles. The molecule has 2 aliphatic rings. The lowest BCUT2D eigenvalue weighted by molar-refractivity contribution is -0.123. The summed E-state index contributed by atoms with van der Waals surface area (Å²) in [5.74, 6) is 1.38. The van der Waals surface area contributed by atoms with Crippen molar-refractivity contribution in [2.45, 2.75) is 72.9 Å². The molecule has 8 heteroatoms. The number of nitriles is 1. The van der Waals surface area contributed by atoms with E-state index in [2.05, 4.69) is 17.9 Å². The Labute approximate surface area is 200 Å². The molecule has 6 nitrogen and oxygen atoms in total. The quantitative estimate of drug-likeness (QED) is 0.442. The number of amides is 1. The number of aromatic nitrogens is 1. The van der Waals surface area contributed by atoms with Crippen LogP contribution in [-0.2, 0) is 11.3 Å². The normalized spacial score (nSPS) is 19.7. The predicted octanol–water partition coefficient (Wildman–Crippen LogP) is 4.67. The van der Waals surface area contributed by atoms with Crippen LogP contribution in [0.4, 0.5) is 5.82 Å². The van der Waals surface area contributed by atoms with E-state index in [1.54, 1.807) is 9.47 Å². The number of carbonyl (C=O) groups excluding carboxylic acids is 1. The van der Waals surface area contributed by atoms with Gasteiger partial charge >= 0.3 is 0 Å². The van der Waals surface area contributed by atoms with E-state index >= 15 is 0 Å². The number of carbonyl (C=O) groups is 1. The molecule has 0 N–H and O–H groups in total. The van der Waals surface area contributed by atoms with Crippen LogP contribution in [0.15, 0.2) is 9.70 Å². The number of nitrogens with zero attached hydrogens (tertiary/aromatic N) is 4. The van der Waals surface area contributed by atoms with Gasteiger partial charge < -0.3 is 4.90 Å². The first-order valence-electron chi connectivity index (χ1n) is 11.4. The van der Waals surface area contributed by atoms with Crippen molar-refractivity contribution >= 4 is 46.1 Å². The fraction of sp³-hybridized carbons (Fsp3) is 0.583. The molecule has 32 heavy (non-hydrogen) atoms. The number of hydrogen-bond donors (Lipinski definition) is 0. The second kappa shape index (κ2) is 10.2. The van der Waals surface area contributed by atoms with Gasteiger partial charge in [-0.1, -0.05) is 44.8 Å². The van der Waals surface area contributed by atoms with Gasteiger partial charge in [-0.05, 0) is 57.1 Å². The summed E-state index contributed by atoms with van der Waals surface area (Å²) in [6.07, 6.45) is 5.55. The van der Waals surface area contributed by atoms with E-state index in [1.165, 1.54) is 11.8 Å². The summed E-state index contributed by atoms with van der Waals surface area (Å²) >= 11 is 6.80. The molecular formula is C24H32N4O2S2. The summed E-state index contributed by atoms with van der Waals surface area (Å²) < 4.78 is 2.30. The summed E-state index contributed by atoms with van der Waals surface area (Å²) in [7, 11) is 0. The molecule has 0 aliphatic carbocycles. The van der Waals surface area contributed by atoms with Gasteiger partial charge in [0.15, 0.2) is 0 Å². The van der Waals surface area contributed by atoms with Gasteiger partial charge in [0.25, 0.3) is 11.5 Å². The average Bonchev–Trinajstić information content (AvgIpc) is 3.05. The first-order chi connectivity index (χ1) is 15.2. The number of thiocarbonyl (C=S) groups is 1. The van der Waals surface area contributed by atoms with E-state index in [0.29, 0.717) is 27.3 Å². The van der Waals surface area contributed by atoms with Crippen LogP contribution >= 0.6 is 24.0 Å². The Morgan fingerprint density at radius 1 is 1.28 bits per heavy atom. The maximum atomic E-state index is 13.2. The fourth-order valence-electron chi connectivity index (χ4n) is 4.31. The third-order valence-corrected chi connectivity index (χ3v) is 7.84. The van der Waals surface area contributed by atoms with E-state index in [-0.39, 0.29) is 23.1 Å². The molecule has 0 bridgehead atoms. The van der Waals surface area contributed by atoms with Gasteiger partial charge in [-0.15, -0.1) is 0 Å². The highest BCUT2D eigenvalue weighted by molar-refractivity contribution is 8.26. The van der Waals surface area contributed by atoms with Crippen molar-refractivity contribution in [3.63, 3.8) is 0 Å². The smallest absolute Gasteiger partial charge is 0.270 e. The van der Waals surface area contributed by atoms with Gasteiger partial charge in [-0.3, -0.25) is 19.1 Å². The van der Waals surface area contributed by atoms with Crippen LogP contribution in [0.3, 0.4) is 0 Å². The molecule has 1 unspecified atom stereocenters. The predicted molar refractivity (Wildman–Crippen MR) is 136 cm³/mol. The van der Waals surface area contributed by atoms with E-state index in [9.17, 15) is 14.9 Å². The third kappa shape index (κ3) is 4.51. The van der Waals surface area contributed by atoms with E-state index in [0.717, 1.165) is 50.2 Å². The zero-order valence-electron chi connectivity index (χ0n) is 19.6. The molecule has 0 radical (unpaired) electrons. The number of rotatable bonds is 6. The summed E-state index contributed by atoms with van der Waals surface area (Å²) in [5.41, 5.74) is 1.32. The van der Waals surface area contributed by atoms with Crippen molar-refractivity contribution in [1.29, 1.82) is 5.26 Å². The highest BCUT2D eigenvalue weighted by atomic mass is 32.2. The van der Waals surface area contributed by atoms with E-state index in [1.807, 2.05) is 33.8 Å². The Morgan fingerprint density at radius 3 is 2.50 bits per heavy atom. The highest BCUT2D eigenvalue weighted by Gasteiger charge is 2.35. The second-order valence-electron chi connectivity index (χ2n) is 8.78. The van der Waals surface area contributed by atoms with Gasteiger partial charge in [0.1, 0.15) is 21.8 Å². The second-order valence-corrected chi connectivity index (χ2v) is 10.5. The van der Waals surface area contributed by atoms with Gasteiger partial charge in [-0.25, -0.2) is 0 Å². The van der Waals surface area contributed by atoms with Crippen molar-refractivity contribution in [2.75, 3.05) is 18.0 Å². The zero-order valence-corrected chi connectivity index (χ0v) is 21.2. The number of piperidine rings is 1. The Morgan fingerprint density at radius 2 is 1.94 bits per heavy atom. The molecule has 0 aromatic carbocycles. The minimum absolute atomic E-state index is 0.0289. The molecule has 1 atom stereocenters. The lowest BCUT2D eigenvalue weighted by Crippen LogP contribution is -2.39. The minimum Gasteiger partial charge on any atom is -0.357 e. The molecule has 0 spiro atoms. The van der Waals surface area contributed by atoms with Gasteiger partial charge in [0.05, 0.1) is 4.91 Å². The largest absolute Gasteiger partial charge is 0.357 e. The Kier molecular flexibility index (Phi) is 7.84. The summed E-state index contributed by atoms with van der Waals surface area (Å²) in [6.45, 7) is 12.4. The molecule has 0 saturated carbocycles. The Balaban J connectivity index is 2.22. The van der Waals surface area contributed by atoms with Crippen LogP contribution in [0.1, 0.15) is 70.1 Å². The fourth-order valence-corrected chi connectivity index (χ4v) is 5.75. The lowest BCUT2D eigenvalue weighted by Gasteiger charge is -2.35. The maximum absolute atomic E-state index is 13.2. The Bertz CT molecular complexity index is 1050. The zero-order chi connectivity index (χ0) is 23.6. The van der Waals surface area contributed by atoms with Crippen LogP contribution in [0.2, 0.25) is 0 Å². The first-order valence-corrected chi connectivity index (χ1v) is 12.7. The molecule has 1 aromatic heterocycles. The van der Waals surface area contributed by atoms with Crippen LogP contribution in [0.25, 0.3) is 6.08 Å². The van der Waals surface area contributed by atoms with Crippen molar-refractivity contribution in [1.82, 2.24) is 9.47 Å². The van der Waals surface area contributed by atoms with Gasteiger partial charge in [-0.2, -0.15) is 5.26 Å². The van der Waals surface area contributed by atoms with E-state index < -0.39 is 0 Å². The maximum Gasteiger partial charge on any atom is 0.270 e. The number of pyridine rings is 1. The SMILES string of the molecule is CCCn1c(N2CCC(C)CC2)c(C=C2SC(=S)N(C(C)CC)C2=O)c(C)c(C#N)c1=O. The highest BCUT2D eigenvalue weighted by Crippen LogP contribution is 2.37. The van der Waals surface area contributed by atoms with Crippen LogP contribution in [0.5, 0.6) is 0 Å². The molecule has 3 heterocycles. The number of thioether (sulfide) groups is 1. The number of anilines is 1. The monoisotopic (exact) mass is 472 g/mol. The summed E-state index contributed by atoms with van der Waals surface area (Å²) in [5, 5.41) is 9.76. The lowest BCUT2D eigenvalue weighted by atomic mass is 9.97.